The van der Waals surface area contributed by atoms with Crippen LogP contribution in [0, 0.1) is 11.3 Å². The third-order valence-corrected chi connectivity index (χ3v) is 4.91. The van der Waals surface area contributed by atoms with Gasteiger partial charge < -0.3 is 23.4 Å². The number of hydrogen-bond donors (Lipinski definition) is 0. The Morgan fingerprint density at radius 2 is 1.87 bits per heavy atom. The lowest BCUT2D eigenvalue weighted by Crippen LogP contribution is -2.50. The van der Waals surface area contributed by atoms with Crippen molar-refractivity contribution in [3.63, 3.8) is 0 Å². The molecule has 0 radical (unpaired) electrons. The van der Waals surface area contributed by atoms with E-state index in [0.29, 0.717) is 37.8 Å². The van der Waals surface area contributed by atoms with E-state index in [-0.39, 0.29) is 30.5 Å². The second-order valence-electron chi connectivity index (χ2n) is 6.95. The Labute approximate surface area is 178 Å². The van der Waals surface area contributed by atoms with Gasteiger partial charge in [0, 0.05) is 26.2 Å². The number of ether oxygens (including phenoxy) is 1. The van der Waals surface area contributed by atoms with E-state index in [0.717, 1.165) is 5.56 Å². The summed E-state index contributed by atoms with van der Waals surface area (Å²) in [5.41, 5.74) is 1.00. The molecular weight excluding hydrogens is 400 g/mol. The molecule has 3 heterocycles. The molecule has 0 aliphatic carbocycles. The van der Waals surface area contributed by atoms with Gasteiger partial charge in [0.2, 0.25) is 11.6 Å². The summed E-state index contributed by atoms with van der Waals surface area (Å²) in [6.45, 7) is 1.46. The molecule has 3 aromatic rings. The lowest BCUT2D eigenvalue weighted by molar-refractivity contribution is -0.151. The van der Waals surface area contributed by atoms with Crippen LogP contribution in [0.5, 0.6) is 0 Å². The molecule has 4 rings (SSSR count). The highest BCUT2D eigenvalue weighted by atomic mass is 16.5. The Morgan fingerprint density at radius 3 is 2.55 bits per heavy atom. The molecule has 2 aromatic heterocycles. The van der Waals surface area contributed by atoms with Crippen molar-refractivity contribution in [1.29, 1.82) is 5.26 Å². The number of piperazine rings is 1. The molecule has 1 aliphatic heterocycles. The standard InChI is InChI=1S/C22H20N4O5/c23-14-17-22(31-21(24-17)18-7-4-12-29-18)26-10-8-25(9-11-26)19(27)15-30-20(28)13-16-5-2-1-3-6-16/h1-7,12H,8-11,13,15H2. The molecule has 1 amide bonds. The number of anilines is 1. The topological polar surface area (TPSA) is 113 Å². The van der Waals surface area contributed by atoms with Gasteiger partial charge in [-0.2, -0.15) is 10.2 Å². The lowest BCUT2D eigenvalue weighted by Gasteiger charge is -2.34. The number of esters is 1. The second kappa shape index (κ2) is 9.17. The molecule has 158 valence electrons. The number of amides is 1. The van der Waals surface area contributed by atoms with Gasteiger partial charge in [0.05, 0.1) is 12.7 Å². The fraction of sp³-hybridized carbons (Fsp3) is 0.273. The van der Waals surface area contributed by atoms with Crippen molar-refractivity contribution < 1.29 is 23.2 Å². The monoisotopic (exact) mass is 420 g/mol. The van der Waals surface area contributed by atoms with Crippen LogP contribution in [0.1, 0.15) is 11.3 Å². The van der Waals surface area contributed by atoms with Crippen molar-refractivity contribution in [1.82, 2.24) is 9.88 Å². The molecule has 31 heavy (non-hydrogen) atoms. The van der Waals surface area contributed by atoms with Crippen LogP contribution in [0.3, 0.4) is 0 Å². The van der Waals surface area contributed by atoms with Gasteiger partial charge in [-0.25, -0.2) is 0 Å². The normalized spacial score (nSPS) is 13.6. The third kappa shape index (κ3) is 4.75. The zero-order valence-corrected chi connectivity index (χ0v) is 16.7. The summed E-state index contributed by atoms with van der Waals surface area (Å²) in [6, 6.07) is 14.7. The van der Waals surface area contributed by atoms with Gasteiger partial charge >= 0.3 is 5.97 Å². The van der Waals surface area contributed by atoms with E-state index in [4.69, 9.17) is 13.6 Å². The highest BCUT2D eigenvalue weighted by molar-refractivity contribution is 5.81. The third-order valence-electron chi connectivity index (χ3n) is 4.91. The van der Waals surface area contributed by atoms with E-state index in [9.17, 15) is 14.9 Å². The zero-order valence-electron chi connectivity index (χ0n) is 16.7. The largest absolute Gasteiger partial charge is 0.459 e. The molecule has 0 saturated carbocycles. The maximum absolute atomic E-state index is 12.4. The Bertz CT molecular complexity index is 1080. The summed E-state index contributed by atoms with van der Waals surface area (Å²) >= 11 is 0. The number of furan rings is 1. The summed E-state index contributed by atoms with van der Waals surface area (Å²) in [6.07, 6.45) is 1.63. The predicted octanol–water partition coefficient (Wildman–Crippen LogP) is 2.24. The van der Waals surface area contributed by atoms with E-state index in [1.807, 2.05) is 41.3 Å². The summed E-state index contributed by atoms with van der Waals surface area (Å²) < 4.78 is 16.1. The van der Waals surface area contributed by atoms with Crippen molar-refractivity contribution in [2.45, 2.75) is 6.42 Å². The summed E-state index contributed by atoms with van der Waals surface area (Å²) in [4.78, 5) is 32.0. The highest BCUT2D eigenvalue weighted by Crippen LogP contribution is 2.29. The first-order valence-corrected chi connectivity index (χ1v) is 9.81. The van der Waals surface area contributed by atoms with Crippen LogP contribution in [0.25, 0.3) is 11.7 Å². The van der Waals surface area contributed by atoms with Crippen LogP contribution in [0.15, 0.2) is 57.6 Å². The molecule has 9 nitrogen and oxygen atoms in total. The van der Waals surface area contributed by atoms with Gasteiger partial charge in [-0.15, -0.1) is 0 Å². The number of carbonyl (C=O) groups excluding carboxylic acids is 2. The number of rotatable bonds is 6. The maximum atomic E-state index is 12.4. The Hall–Kier alpha value is -4.06. The van der Waals surface area contributed by atoms with Crippen LogP contribution in [-0.4, -0.2) is 54.5 Å². The highest BCUT2D eigenvalue weighted by Gasteiger charge is 2.27. The van der Waals surface area contributed by atoms with Crippen LogP contribution in [-0.2, 0) is 20.7 Å². The summed E-state index contributed by atoms with van der Waals surface area (Å²) in [5.74, 6) is 0.337. The summed E-state index contributed by atoms with van der Waals surface area (Å²) in [7, 11) is 0. The van der Waals surface area contributed by atoms with Gasteiger partial charge in [-0.3, -0.25) is 9.59 Å². The minimum atomic E-state index is -0.441. The van der Waals surface area contributed by atoms with Crippen LogP contribution in [0.4, 0.5) is 5.88 Å². The molecule has 0 bridgehead atoms. The number of nitrogens with zero attached hydrogens (tertiary/aromatic N) is 4. The zero-order chi connectivity index (χ0) is 21.6. The number of aromatic nitrogens is 1. The number of benzene rings is 1. The van der Waals surface area contributed by atoms with Gasteiger partial charge in [0.15, 0.2) is 12.4 Å². The van der Waals surface area contributed by atoms with Crippen molar-refractivity contribution in [3.8, 4) is 17.7 Å². The van der Waals surface area contributed by atoms with Crippen molar-refractivity contribution in [3.05, 3.63) is 60.0 Å². The van der Waals surface area contributed by atoms with Gasteiger partial charge in [-0.1, -0.05) is 30.3 Å². The molecule has 0 unspecified atom stereocenters. The van der Waals surface area contributed by atoms with Crippen LogP contribution < -0.4 is 4.90 Å². The lowest BCUT2D eigenvalue weighted by atomic mass is 10.2. The molecule has 1 aromatic carbocycles. The number of nitriles is 1. The molecule has 1 saturated heterocycles. The Kier molecular flexibility index (Phi) is 5.98. The Balaban J connectivity index is 1.29. The fourth-order valence-electron chi connectivity index (χ4n) is 3.31. The van der Waals surface area contributed by atoms with Crippen molar-refractivity contribution >= 4 is 17.8 Å². The van der Waals surface area contributed by atoms with E-state index in [2.05, 4.69) is 4.98 Å². The number of oxazole rings is 1. The molecule has 0 atom stereocenters. The molecule has 1 fully saturated rings. The maximum Gasteiger partial charge on any atom is 0.310 e. The van der Waals surface area contributed by atoms with Crippen LogP contribution in [0.2, 0.25) is 0 Å². The van der Waals surface area contributed by atoms with Gasteiger partial charge in [-0.05, 0) is 17.7 Å². The molecule has 0 spiro atoms. The van der Waals surface area contributed by atoms with E-state index < -0.39 is 5.97 Å². The molecule has 1 aliphatic rings. The van der Waals surface area contributed by atoms with Crippen molar-refractivity contribution in [2.75, 3.05) is 37.7 Å². The van der Waals surface area contributed by atoms with Crippen molar-refractivity contribution in [2.24, 2.45) is 0 Å². The minimum Gasteiger partial charge on any atom is -0.459 e. The number of hydrogen-bond acceptors (Lipinski definition) is 8. The Morgan fingerprint density at radius 1 is 1.10 bits per heavy atom. The first-order chi connectivity index (χ1) is 15.1. The van der Waals surface area contributed by atoms with Gasteiger partial charge in [0.1, 0.15) is 6.07 Å². The average Bonchev–Trinajstić information content (AvgIpc) is 3.48. The number of carbonyl (C=O) groups is 2. The van der Waals surface area contributed by atoms with E-state index in [1.54, 1.807) is 17.0 Å². The van der Waals surface area contributed by atoms with E-state index in [1.165, 1.54) is 6.26 Å². The SMILES string of the molecule is N#Cc1nc(-c2ccco2)oc1N1CCN(C(=O)COC(=O)Cc2ccccc2)CC1. The average molecular weight is 420 g/mol. The molecular formula is C22H20N4O5. The molecule has 0 N–H and O–H groups in total. The summed E-state index contributed by atoms with van der Waals surface area (Å²) in [5, 5.41) is 9.39. The van der Waals surface area contributed by atoms with Gasteiger partial charge in [0.25, 0.3) is 11.8 Å². The molecule has 9 heteroatoms. The quantitative estimate of drug-likeness (QED) is 0.558. The fourth-order valence-corrected chi connectivity index (χ4v) is 3.31. The first kappa shape index (κ1) is 20.2. The second-order valence-corrected chi connectivity index (χ2v) is 6.95. The first-order valence-electron chi connectivity index (χ1n) is 9.81. The van der Waals surface area contributed by atoms with Crippen LogP contribution >= 0.6 is 0 Å². The predicted molar refractivity (Wildman–Crippen MR) is 109 cm³/mol. The minimum absolute atomic E-state index is 0.127. The smallest absolute Gasteiger partial charge is 0.310 e. The van der Waals surface area contributed by atoms with E-state index >= 15 is 0 Å².